The monoisotopic (exact) mass is 386 g/mol. The van der Waals surface area contributed by atoms with Gasteiger partial charge in [0.25, 0.3) is 0 Å². The Morgan fingerprint density at radius 3 is 2.21 bits per heavy atom. The molecular formula is C22H18N4O3. The zero-order valence-corrected chi connectivity index (χ0v) is 15.4. The van der Waals surface area contributed by atoms with Gasteiger partial charge in [-0.3, -0.25) is 10.1 Å². The molecule has 4 aromatic rings. The zero-order chi connectivity index (χ0) is 19.9. The van der Waals surface area contributed by atoms with E-state index in [1.54, 1.807) is 0 Å². The fourth-order valence-corrected chi connectivity index (χ4v) is 2.58. The predicted molar refractivity (Wildman–Crippen MR) is 110 cm³/mol. The molecule has 0 aliphatic rings. The molecule has 7 heteroatoms. The molecule has 0 unspecified atom stereocenters. The molecule has 0 bridgehead atoms. The van der Waals surface area contributed by atoms with E-state index < -0.39 is 0 Å². The number of carbonyl (C=O) groups excluding carboxylic acids is 1. The van der Waals surface area contributed by atoms with Crippen LogP contribution in [0.2, 0.25) is 0 Å². The van der Waals surface area contributed by atoms with Gasteiger partial charge in [-0.25, -0.2) is 0 Å². The SMILES string of the molecule is O=C(CNc1ccc(Oc2ccccc2)cc1)Nc1nnc(-c2ccccc2)o1. The van der Waals surface area contributed by atoms with E-state index in [0.717, 1.165) is 17.0 Å². The summed E-state index contributed by atoms with van der Waals surface area (Å²) in [6, 6.07) is 26.3. The lowest BCUT2D eigenvalue weighted by atomic mass is 10.2. The van der Waals surface area contributed by atoms with Crippen LogP contribution in [0, 0.1) is 0 Å². The summed E-state index contributed by atoms with van der Waals surface area (Å²) in [6.07, 6.45) is 0. The molecule has 3 aromatic carbocycles. The van der Waals surface area contributed by atoms with E-state index in [-0.39, 0.29) is 18.5 Å². The first kappa shape index (κ1) is 18.2. The third-order valence-electron chi connectivity index (χ3n) is 3.98. The van der Waals surface area contributed by atoms with Crippen LogP contribution < -0.4 is 15.4 Å². The van der Waals surface area contributed by atoms with Crippen molar-refractivity contribution in [1.29, 1.82) is 0 Å². The van der Waals surface area contributed by atoms with E-state index in [2.05, 4.69) is 20.8 Å². The van der Waals surface area contributed by atoms with Gasteiger partial charge in [0, 0.05) is 11.3 Å². The van der Waals surface area contributed by atoms with Crippen molar-refractivity contribution < 1.29 is 13.9 Å². The Morgan fingerprint density at radius 2 is 1.48 bits per heavy atom. The number of para-hydroxylation sites is 1. The summed E-state index contributed by atoms with van der Waals surface area (Å²) in [4.78, 5) is 12.1. The van der Waals surface area contributed by atoms with Gasteiger partial charge in [0.05, 0.1) is 6.54 Å². The van der Waals surface area contributed by atoms with Crippen LogP contribution in [0.25, 0.3) is 11.5 Å². The van der Waals surface area contributed by atoms with Gasteiger partial charge in [-0.05, 0) is 48.5 Å². The van der Waals surface area contributed by atoms with Gasteiger partial charge in [0.2, 0.25) is 11.8 Å². The lowest BCUT2D eigenvalue weighted by molar-refractivity contribution is -0.114. The first-order valence-corrected chi connectivity index (χ1v) is 9.02. The second-order valence-corrected chi connectivity index (χ2v) is 6.12. The molecule has 0 spiro atoms. The van der Waals surface area contributed by atoms with E-state index in [1.807, 2.05) is 84.9 Å². The molecule has 0 saturated heterocycles. The van der Waals surface area contributed by atoms with Gasteiger partial charge in [-0.15, -0.1) is 5.10 Å². The minimum Gasteiger partial charge on any atom is -0.457 e. The van der Waals surface area contributed by atoms with Crippen LogP contribution in [0.1, 0.15) is 0 Å². The van der Waals surface area contributed by atoms with E-state index in [9.17, 15) is 4.79 Å². The summed E-state index contributed by atoms with van der Waals surface area (Å²) in [5.41, 5.74) is 1.58. The van der Waals surface area contributed by atoms with Crippen LogP contribution in [0.3, 0.4) is 0 Å². The first-order chi connectivity index (χ1) is 14.3. The number of benzene rings is 3. The molecule has 2 N–H and O–H groups in total. The largest absolute Gasteiger partial charge is 0.457 e. The highest BCUT2D eigenvalue weighted by molar-refractivity contribution is 5.91. The second kappa shape index (κ2) is 8.71. The maximum atomic E-state index is 12.1. The number of hydrogen-bond acceptors (Lipinski definition) is 6. The normalized spacial score (nSPS) is 10.3. The zero-order valence-electron chi connectivity index (χ0n) is 15.4. The molecule has 0 radical (unpaired) electrons. The molecule has 1 heterocycles. The van der Waals surface area contributed by atoms with Crippen LogP contribution in [-0.2, 0) is 4.79 Å². The molecule has 7 nitrogen and oxygen atoms in total. The maximum absolute atomic E-state index is 12.1. The van der Waals surface area contributed by atoms with Crippen molar-refractivity contribution >= 4 is 17.6 Å². The molecule has 1 amide bonds. The van der Waals surface area contributed by atoms with Crippen LogP contribution in [-0.4, -0.2) is 22.6 Å². The van der Waals surface area contributed by atoms with Crippen LogP contribution in [0.4, 0.5) is 11.7 Å². The Balaban J connectivity index is 1.28. The first-order valence-electron chi connectivity index (χ1n) is 9.02. The van der Waals surface area contributed by atoms with Crippen molar-refractivity contribution in [2.75, 3.05) is 17.2 Å². The van der Waals surface area contributed by atoms with Crippen LogP contribution in [0.15, 0.2) is 89.3 Å². The summed E-state index contributed by atoms with van der Waals surface area (Å²) < 4.78 is 11.2. The smallest absolute Gasteiger partial charge is 0.322 e. The van der Waals surface area contributed by atoms with Crippen molar-refractivity contribution in [2.45, 2.75) is 0 Å². The van der Waals surface area contributed by atoms with Crippen molar-refractivity contribution in [3.8, 4) is 23.0 Å². The van der Waals surface area contributed by atoms with E-state index in [4.69, 9.17) is 9.15 Å². The van der Waals surface area contributed by atoms with Gasteiger partial charge in [-0.2, -0.15) is 0 Å². The molecule has 0 saturated carbocycles. The fraction of sp³-hybridized carbons (Fsp3) is 0.0455. The Bertz CT molecular complexity index is 1060. The number of carbonyl (C=O) groups is 1. The molecule has 29 heavy (non-hydrogen) atoms. The van der Waals surface area contributed by atoms with Crippen molar-refractivity contribution in [3.63, 3.8) is 0 Å². The van der Waals surface area contributed by atoms with E-state index >= 15 is 0 Å². The van der Waals surface area contributed by atoms with Crippen molar-refractivity contribution in [1.82, 2.24) is 10.2 Å². The van der Waals surface area contributed by atoms with E-state index in [0.29, 0.717) is 11.6 Å². The Hall–Kier alpha value is -4.13. The van der Waals surface area contributed by atoms with Gasteiger partial charge in [0.1, 0.15) is 11.5 Å². The predicted octanol–water partition coefficient (Wildman–Crippen LogP) is 4.58. The Morgan fingerprint density at radius 1 is 0.828 bits per heavy atom. The Kier molecular flexibility index (Phi) is 5.48. The lowest BCUT2D eigenvalue weighted by Gasteiger charge is -2.08. The minimum atomic E-state index is -0.294. The van der Waals surface area contributed by atoms with Crippen molar-refractivity contribution in [2.24, 2.45) is 0 Å². The number of hydrogen-bond donors (Lipinski definition) is 2. The molecule has 144 valence electrons. The molecule has 0 aliphatic heterocycles. The molecule has 1 aromatic heterocycles. The number of aromatic nitrogens is 2. The molecule has 0 aliphatic carbocycles. The van der Waals surface area contributed by atoms with E-state index in [1.165, 1.54) is 0 Å². The summed E-state index contributed by atoms with van der Waals surface area (Å²) in [5, 5.41) is 13.4. The number of nitrogens with zero attached hydrogens (tertiary/aromatic N) is 2. The molecule has 0 fully saturated rings. The maximum Gasteiger partial charge on any atom is 0.322 e. The number of anilines is 2. The van der Waals surface area contributed by atoms with Crippen molar-refractivity contribution in [3.05, 3.63) is 84.9 Å². The number of ether oxygens (including phenoxy) is 1. The van der Waals surface area contributed by atoms with Gasteiger partial charge < -0.3 is 14.5 Å². The standard InChI is InChI=1S/C22H18N4O3/c27-20(24-22-26-25-21(29-22)16-7-3-1-4-8-16)15-23-17-11-13-19(14-12-17)28-18-9-5-2-6-10-18/h1-14,23H,15H2,(H,24,26,27). The van der Waals surface area contributed by atoms with Crippen LogP contribution in [0.5, 0.6) is 11.5 Å². The highest BCUT2D eigenvalue weighted by Gasteiger charge is 2.11. The van der Waals surface area contributed by atoms with Gasteiger partial charge >= 0.3 is 6.01 Å². The topological polar surface area (TPSA) is 89.3 Å². The van der Waals surface area contributed by atoms with Gasteiger partial charge in [-0.1, -0.05) is 41.5 Å². The van der Waals surface area contributed by atoms with Crippen LogP contribution >= 0.6 is 0 Å². The third kappa shape index (κ3) is 4.98. The number of rotatable bonds is 7. The molecule has 4 rings (SSSR count). The fourth-order valence-electron chi connectivity index (χ4n) is 2.58. The highest BCUT2D eigenvalue weighted by atomic mass is 16.5. The number of nitrogens with one attached hydrogen (secondary N) is 2. The molecule has 0 atom stereocenters. The lowest BCUT2D eigenvalue weighted by Crippen LogP contribution is -2.21. The second-order valence-electron chi connectivity index (χ2n) is 6.12. The van der Waals surface area contributed by atoms with Gasteiger partial charge in [0.15, 0.2) is 0 Å². The average molecular weight is 386 g/mol. The third-order valence-corrected chi connectivity index (χ3v) is 3.98. The quantitative estimate of drug-likeness (QED) is 0.483. The summed E-state index contributed by atoms with van der Waals surface area (Å²) >= 11 is 0. The minimum absolute atomic E-state index is 0.0575. The summed E-state index contributed by atoms with van der Waals surface area (Å²) in [6.45, 7) is 0.0575. The Labute approximate surface area is 167 Å². The highest BCUT2D eigenvalue weighted by Crippen LogP contribution is 2.22. The average Bonchev–Trinajstić information content (AvgIpc) is 3.23. The molecular weight excluding hydrogens is 368 g/mol. The summed E-state index contributed by atoms with van der Waals surface area (Å²) in [7, 11) is 0. The number of amides is 1. The summed E-state index contributed by atoms with van der Waals surface area (Å²) in [5.74, 6) is 1.54.